The van der Waals surface area contributed by atoms with Gasteiger partial charge in [-0.3, -0.25) is 0 Å². The highest BCUT2D eigenvalue weighted by atomic mass is 35.5. The van der Waals surface area contributed by atoms with Crippen molar-refractivity contribution in [3.8, 4) is 5.75 Å². The lowest BCUT2D eigenvalue weighted by molar-refractivity contribution is 0.264. The van der Waals surface area contributed by atoms with Gasteiger partial charge in [-0.25, -0.2) is 0 Å². The van der Waals surface area contributed by atoms with Crippen LogP contribution >= 0.6 is 23.2 Å². The predicted octanol–water partition coefficient (Wildman–Crippen LogP) is 3.08. The third-order valence-corrected chi connectivity index (χ3v) is 4.11. The first kappa shape index (κ1) is 14.9. The average molecular weight is 303 g/mol. The van der Waals surface area contributed by atoms with Crippen LogP contribution in [0.15, 0.2) is 12.1 Å². The van der Waals surface area contributed by atoms with Crippen LogP contribution in [0.5, 0.6) is 5.75 Å². The predicted molar refractivity (Wildman–Crippen MR) is 80.1 cm³/mol. The standard InChI is InChI=1S/C14H20Cl2N2O/c1-17-4-3-10(7-17)8-18(2)9-11-5-12(15)6-13(16)14(11)19/h5-6,10,19H,3-4,7-9H2,1-2H3. The van der Waals surface area contributed by atoms with Crippen LogP contribution in [-0.2, 0) is 6.54 Å². The summed E-state index contributed by atoms with van der Waals surface area (Å²) < 4.78 is 0. The van der Waals surface area contributed by atoms with Gasteiger partial charge in [0.2, 0.25) is 0 Å². The summed E-state index contributed by atoms with van der Waals surface area (Å²) in [4.78, 5) is 4.57. The fourth-order valence-corrected chi connectivity index (χ4v) is 3.25. The van der Waals surface area contributed by atoms with E-state index in [1.807, 2.05) is 0 Å². The number of phenolic OH excluding ortho intramolecular Hbond substituents is 1. The van der Waals surface area contributed by atoms with Crippen molar-refractivity contribution in [1.29, 1.82) is 0 Å². The molecule has 1 heterocycles. The van der Waals surface area contributed by atoms with Gasteiger partial charge in [-0.2, -0.15) is 0 Å². The summed E-state index contributed by atoms with van der Waals surface area (Å²) >= 11 is 11.9. The maximum atomic E-state index is 9.95. The van der Waals surface area contributed by atoms with E-state index in [1.165, 1.54) is 13.0 Å². The van der Waals surface area contributed by atoms with Gasteiger partial charge in [0.1, 0.15) is 5.75 Å². The highest BCUT2D eigenvalue weighted by Gasteiger charge is 2.21. The molecular weight excluding hydrogens is 283 g/mol. The Bertz CT molecular complexity index is 453. The summed E-state index contributed by atoms with van der Waals surface area (Å²) in [6, 6.07) is 3.34. The van der Waals surface area contributed by atoms with E-state index in [-0.39, 0.29) is 5.75 Å². The lowest BCUT2D eigenvalue weighted by Gasteiger charge is -2.21. The Hall–Kier alpha value is -0.480. The number of likely N-dealkylation sites (tertiary alicyclic amines) is 1. The molecule has 0 aliphatic carbocycles. The molecule has 19 heavy (non-hydrogen) atoms. The molecule has 0 saturated carbocycles. The summed E-state index contributed by atoms with van der Waals surface area (Å²) in [6.45, 7) is 4.00. The highest BCUT2D eigenvalue weighted by molar-refractivity contribution is 6.35. The molecule has 1 fully saturated rings. The first-order valence-electron chi connectivity index (χ1n) is 6.49. The van der Waals surface area contributed by atoms with Gasteiger partial charge in [-0.15, -0.1) is 0 Å². The zero-order chi connectivity index (χ0) is 14.0. The molecule has 1 aliphatic rings. The fraction of sp³-hybridized carbons (Fsp3) is 0.571. The van der Waals surface area contributed by atoms with Gasteiger partial charge in [0.05, 0.1) is 5.02 Å². The molecule has 0 radical (unpaired) electrons. The van der Waals surface area contributed by atoms with Crippen molar-refractivity contribution in [2.75, 3.05) is 33.7 Å². The van der Waals surface area contributed by atoms with Gasteiger partial charge in [-0.05, 0) is 45.1 Å². The van der Waals surface area contributed by atoms with Crippen molar-refractivity contribution >= 4 is 23.2 Å². The van der Waals surface area contributed by atoms with E-state index in [0.29, 0.717) is 22.5 Å². The van der Waals surface area contributed by atoms with Crippen LogP contribution in [0.2, 0.25) is 10.0 Å². The SMILES string of the molecule is CN1CCC(CN(C)Cc2cc(Cl)cc(Cl)c2O)C1. The maximum absolute atomic E-state index is 9.95. The van der Waals surface area contributed by atoms with E-state index >= 15 is 0 Å². The Morgan fingerprint density at radius 3 is 2.79 bits per heavy atom. The molecule has 0 amide bonds. The second kappa shape index (κ2) is 6.31. The fourth-order valence-electron chi connectivity index (χ4n) is 2.71. The Kier molecular flexibility index (Phi) is 4.96. The monoisotopic (exact) mass is 302 g/mol. The van der Waals surface area contributed by atoms with Crippen LogP contribution in [0.1, 0.15) is 12.0 Å². The molecule has 1 atom stereocenters. The van der Waals surface area contributed by atoms with E-state index in [0.717, 1.165) is 18.7 Å². The third kappa shape index (κ3) is 3.99. The quantitative estimate of drug-likeness (QED) is 0.926. The van der Waals surface area contributed by atoms with Gasteiger partial charge in [0, 0.05) is 30.2 Å². The van der Waals surface area contributed by atoms with Gasteiger partial charge >= 0.3 is 0 Å². The molecule has 5 heteroatoms. The molecule has 3 nitrogen and oxygen atoms in total. The summed E-state index contributed by atoms with van der Waals surface area (Å²) in [5.74, 6) is 0.841. The van der Waals surface area contributed by atoms with Crippen LogP contribution in [0, 0.1) is 5.92 Å². The molecular formula is C14H20Cl2N2O. The van der Waals surface area contributed by atoms with E-state index in [9.17, 15) is 5.11 Å². The summed E-state index contributed by atoms with van der Waals surface area (Å²) in [7, 11) is 4.22. The van der Waals surface area contributed by atoms with E-state index in [2.05, 4.69) is 23.9 Å². The van der Waals surface area contributed by atoms with Crippen LogP contribution in [0.3, 0.4) is 0 Å². The lowest BCUT2D eigenvalue weighted by Crippen LogP contribution is -2.27. The molecule has 106 valence electrons. The first-order valence-corrected chi connectivity index (χ1v) is 7.25. The minimum atomic E-state index is 0.140. The van der Waals surface area contributed by atoms with Crippen molar-refractivity contribution in [1.82, 2.24) is 9.80 Å². The Morgan fingerprint density at radius 1 is 1.42 bits per heavy atom. The number of rotatable bonds is 4. The smallest absolute Gasteiger partial charge is 0.138 e. The van der Waals surface area contributed by atoms with Crippen molar-refractivity contribution in [2.24, 2.45) is 5.92 Å². The third-order valence-electron chi connectivity index (χ3n) is 3.61. The Labute approximate surface area is 124 Å². The Morgan fingerprint density at radius 2 is 2.16 bits per heavy atom. The zero-order valence-electron chi connectivity index (χ0n) is 11.4. The van der Waals surface area contributed by atoms with Gasteiger partial charge in [-0.1, -0.05) is 23.2 Å². The number of hydrogen-bond donors (Lipinski definition) is 1. The molecule has 0 aromatic heterocycles. The summed E-state index contributed by atoms with van der Waals surface area (Å²) in [6.07, 6.45) is 1.24. The highest BCUT2D eigenvalue weighted by Crippen LogP contribution is 2.32. The number of benzene rings is 1. The van der Waals surface area contributed by atoms with E-state index in [4.69, 9.17) is 23.2 Å². The number of nitrogens with zero attached hydrogens (tertiary/aromatic N) is 2. The molecule has 1 aliphatic heterocycles. The molecule has 1 unspecified atom stereocenters. The lowest BCUT2D eigenvalue weighted by atomic mass is 10.1. The van der Waals surface area contributed by atoms with Crippen LogP contribution in [0.25, 0.3) is 0 Å². The van der Waals surface area contributed by atoms with Crippen LogP contribution < -0.4 is 0 Å². The number of halogens is 2. The second-order valence-corrected chi connectivity index (χ2v) is 6.35. The normalized spacial score (nSPS) is 20.4. The van der Waals surface area contributed by atoms with Crippen LogP contribution in [-0.4, -0.2) is 48.6 Å². The van der Waals surface area contributed by atoms with E-state index in [1.54, 1.807) is 12.1 Å². The molecule has 1 saturated heterocycles. The molecule has 0 spiro atoms. The zero-order valence-corrected chi connectivity index (χ0v) is 12.9. The summed E-state index contributed by atoms with van der Waals surface area (Å²) in [5, 5.41) is 10.8. The van der Waals surface area contributed by atoms with Gasteiger partial charge < -0.3 is 14.9 Å². The van der Waals surface area contributed by atoms with Gasteiger partial charge in [0.15, 0.2) is 0 Å². The number of phenols is 1. The van der Waals surface area contributed by atoms with Crippen molar-refractivity contribution in [3.63, 3.8) is 0 Å². The molecule has 1 N–H and O–H groups in total. The molecule has 1 aromatic rings. The minimum Gasteiger partial charge on any atom is -0.506 e. The van der Waals surface area contributed by atoms with Crippen molar-refractivity contribution in [3.05, 3.63) is 27.7 Å². The topological polar surface area (TPSA) is 26.7 Å². The van der Waals surface area contributed by atoms with Gasteiger partial charge in [0.25, 0.3) is 0 Å². The summed E-state index contributed by atoms with van der Waals surface area (Å²) in [5.41, 5.74) is 0.784. The van der Waals surface area contributed by atoms with Crippen LogP contribution in [0.4, 0.5) is 0 Å². The first-order chi connectivity index (χ1) is 8.95. The Balaban J connectivity index is 1.97. The molecule has 2 rings (SSSR count). The van der Waals surface area contributed by atoms with E-state index < -0.39 is 0 Å². The average Bonchev–Trinajstić information content (AvgIpc) is 2.70. The molecule has 1 aromatic carbocycles. The van der Waals surface area contributed by atoms with Crippen molar-refractivity contribution in [2.45, 2.75) is 13.0 Å². The number of aromatic hydroxyl groups is 1. The minimum absolute atomic E-state index is 0.140. The van der Waals surface area contributed by atoms with Crippen molar-refractivity contribution < 1.29 is 5.11 Å². The largest absolute Gasteiger partial charge is 0.506 e. The molecule has 0 bridgehead atoms. The number of hydrogen-bond acceptors (Lipinski definition) is 3. The second-order valence-electron chi connectivity index (χ2n) is 5.51. The maximum Gasteiger partial charge on any atom is 0.138 e.